The number of rotatable bonds is 6. The highest BCUT2D eigenvalue weighted by molar-refractivity contribution is 6.33. The van der Waals surface area contributed by atoms with Crippen molar-refractivity contribution in [3.05, 3.63) is 58.6 Å². The molecule has 30 heavy (non-hydrogen) atoms. The number of aryl methyl sites for hydroxylation is 2. The van der Waals surface area contributed by atoms with Crippen molar-refractivity contribution in [1.29, 1.82) is 0 Å². The quantitative estimate of drug-likeness (QED) is 0.656. The number of anilines is 2. The Morgan fingerprint density at radius 2 is 1.70 bits per heavy atom. The second kappa shape index (κ2) is 9.96. The Kier molecular flexibility index (Phi) is 7.34. The van der Waals surface area contributed by atoms with Gasteiger partial charge in [-0.15, -0.1) is 0 Å². The molecule has 2 aromatic carbocycles. The minimum atomic E-state index is -0.216. The summed E-state index contributed by atoms with van der Waals surface area (Å²) < 4.78 is 0. The van der Waals surface area contributed by atoms with Gasteiger partial charge in [0.15, 0.2) is 6.04 Å². The fourth-order valence-electron chi connectivity index (χ4n) is 3.88. The van der Waals surface area contributed by atoms with Gasteiger partial charge in [-0.25, -0.2) is 0 Å². The molecule has 0 radical (unpaired) electrons. The lowest BCUT2D eigenvalue weighted by molar-refractivity contribution is -0.914. The van der Waals surface area contributed by atoms with Gasteiger partial charge in [0.25, 0.3) is 5.91 Å². The first-order chi connectivity index (χ1) is 14.4. The van der Waals surface area contributed by atoms with E-state index in [9.17, 15) is 9.59 Å². The maximum atomic E-state index is 12.6. The number of nitrogens with one attached hydrogen (secondary N) is 3. The van der Waals surface area contributed by atoms with Gasteiger partial charge in [-0.05, 0) is 44.0 Å². The van der Waals surface area contributed by atoms with Crippen molar-refractivity contribution >= 4 is 34.8 Å². The molecule has 1 saturated heterocycles. The molecular weight excluding hydrogens is 400 g/mol. The highest BCUT2D eigenvalue weighted by Crippen LogP contribution is 2.24. The largest absolute Gasteiger partial charge is 0.359 e. The third kappa shape index (κ3) is 5.32. The molecule has 7 heteroatoms. The Hall–Kier alpha value is -2.57. The van der Waals surface area contributed by atoms with Crippen molar-refractivity contribution in [2.75, 3.05) is 42.9 Å². The monoisotopic (exact) mass is 429 g/mol. The van der Waals surface area contributed by atoms with Crippen LogP contribution in [0.4, 0.5) is 11.4 Å². The summed E-state index contributed by atoms with van der Waals surface area (Å²) in [7, 11) is 0. The molecule has 160 valence electrons. The summed E-state index contributed by atoms with van der Waals surface area (Å²) in [5, 5.41) is 6.44. The van der Waals surface area contributed by atoms with Crippen molar-refractivity contribution < 1.29 is 14.5 Å². The molecule has 3 N–H and O–H groups in total. The molecule has 2 amide bonds. The zero-order valence-corrected chi connectivity index (χ0v) is 18.6. The van der Waals surface area contributed by atoms with Crippen molar-refractivity contribution in [3.8, 4) is 0 Å². The number of carbonyl (C=O) groups excluding carboxylic acids is 2. The number of para-hydroxylation sites is 2. The highest BCUT2D eigenvalue weighted by Gasteiger charge is 2.29. The van der Waals surface area contributed by atoms with Crippen LogP contribution in [0.1, 0.15) is 18.1 Å². The van der Waals surface area contributed by atoms with Gasteiger partial charge in [-0.2, -0.15) is 0 Å². The molecule has 6 nitrogen and oxygen atoms in total. The first-order valence-corrected chi connectivity index (χ1v) is 10.7. The topological polar surface area (TPSA) is 65.9 Å². The molecule has 0 bridgehead atoms. The van der Waals surface area contributed by atoms with E-state index >= 15 is 0 Å². The predicted molar refractivity (Wildman–Crippen MR) is 121 cm³/mol. The molecular formula is C23H30ClN4O2+. The van der Waals surface area contributed by atoms with E-state index in [1.165, 1.54) is 4.90 Å². The number of hydrogen-bond acceptors (Lipinski definition) is 3. The molecule has 1 aliphatic rings. The molecule has 0 unspecified atom stereocenters. The molecule has 2 aromatic rings. The molecule has 1 fully saturated rings. The van der Waals surface area contributed by atoms with E-state index in [1.54, 1.807) is 0 Å². The summed E-state index contributed by atoms with van der Waals surface area (Å²) in [6.07, 6.45) is 0. The Bertz CT molecular complexity index is 890. The predicted octanol–water partition coefficient (Wildman–Crippen LogP) is 1.81. The van der Waals surface area contributed by atoms with Crippen LogP contribution in [0.2, 0.25) is 5.02 Å². The average Bonchev–Trinajstić information content (AvgIpc) is 2.75. The average molecular weight is 430 g/mol. The van der Waals surface area contributed by atoms with Crippen LogP contribution in [0.25, 0.3) is 0 Å². The second-order valence-corrected chi connectivity index (χ2v) is 8.26. The minimum Gasteiger partial charge on any atom is -0.359 e. The molecule has 3 rings (SSSR count). The Labute approximate surface area is 183 Å². The number of carbonyl (C=O) groups is 2. The van der Waals surface area contributed by atoms with Crippen LogP contribution in [0, 0.1) is 13.8 Å². The number of amides is 2. The van der Waals surface area contributed by atoms with Crippen molar-refractivity contribution in [1.82, 2.24) is 5.32 Å². The van der Waals surface area contributed by atoms with E-state index in [2.05, 4.69) is 15.5 Å². The third-order valence-electron chi connectivity index (χ3n) is 5.77. The molecule has 0 spiro atoms. The van der Waals surface area contributed by atoms with Gasteiger partial charge in [0, 0.05) is 5.69 Å². The maximum absolute atomic E-state index is 12.6. The standard InChI is InChI=1S/C23H29ClN4O2/c1-16-7-6-8-17(2)22(16)26-21(29)15-25-23(30)18(3)27-11-13-28(14-12-27)20-10-5-4-9-19(20)24/h4-10,18H,11-15H2,1-3H3,(H,25,30)(H,26,29)/p+1/t18-/m1/s1. The van der Waals surface area contributed by atoms with E-state index in [1.807, 2.05) is 63.2 Å². The number of hydrogen-bond donors (Lipinski definition) is 3. The summed E-state index contributed by atoms with van der Waals surface area (Å²) in [5.41, 5.74) is 3.86. The Morgan fingerprint density at radius 1 is 1.07 bits per heavy atom. The van der Waals surface area contributed by atoms with Crippen LogP contribution in [0.15, 0.2) is 42.5 Å². The van der Waals surface area contributed by atoms with Crippen molar-refractivity contribution in [2.45, 2.75) is 26.8 Å². The lowest BCUT2D eigenvalue weighted by Crippen LogP contribution is -3.19. The van der Waals surface area contributed by atoms with Gasteiger partial charge in [0.1, 0.15) is 0 Å². The van der Waals surface area contributed by atoms with E-state index in [0.717, 1.165) is 53.7 Å². The van der Waals surface area contributed by atoms with E-state index in [4.69, 9.17) is 11.6 Å². The zero-order valence-electron chi connectivity index (χ0n) is 17.8. The zero-order chi connectivity index (χ0) is 21.7. The Balaban J connectivity index is 1.47. The second-order valence-electron chi connectivity index (χ2n) is 7.85. The van der Waals surface area contributed by atoms with Crippen LogP contribution >= 0.6 is 11.6 Å². The smallest absolute Gasteiger partial charge is 0.278 e. The minimum absolute atomic E-state index is 0.0318. The first kappa shape index (κ1) is 22.1. The van der Waals surface area contributed by atoms with Crippen LogP contribution in [0.3, 0.4) is 0 Å². The van der Waals surface area contributed by atoms with Gasteiger partial charge < -0.3 is 20.4 Å². The van der Waals surface area contributed by atoms with E-state index in [0.29, 0.717) is 0 Å². The molecule has 0 saturated carbocycles. The fourth-order valence-corrected chi connectivity index (χ4v) is 4.13. The normalized spacial score (nSPS) is 15.5. The SMILES string of the molecule is Cc1cccc(C)c1NC(=O)CNC(=O)[C@@H](C)[NH+]1CCN(c2ccccc2Cl)CC1. The number of piperazine rings is 1. The molecule has 1 heterocycles. The number of quaternary nitrogens is 1. The van der Waals surface area contributed by atoms with Gasteiger partial charge in [-0.1, -0.05) is 41.9 Å². The number of halogens is 1. The van der Waals surface area contributed by atoms with Crippen molar-refractivity contribution in [2.24, 2.45) is 0 Å². The third-order valence-corrected chi connectivity index (χ3v) is 6.09. The van der Waals surface area contributed by atoms with Crippen LogP contribution < -0.4 is 20.4 Å². The van der Waals surface area contributed by atoms with Crippen LogP contribution in [-0.2, 0) is 9.59 Å². The fraction of sp³-hybridized carbons (Fsp3) is 0.391. The molecule has 0 aliphatic carbocycles. The summed E-state index contributed by atoms with van der Waals surface area (Å²) in [5.74, 6) is -0.320. The van der Waals surface area contributed by atoms with E-state index in [-0.39, 0.29) is 24.4 Å². The first-order valence-electron chi connectivity index (χ1n) is 10.3. The number of nitrogens with zero attached hydrogens (tertiary/aromatic N) is 1. The lowest BCUT2D eigenvalue weighted by atomic mass is 10.1. The summed E-state index contributed by atoms with van der Waals surface area (Å²) in [6, 6.07) is 13.5. The van der Waals surface area contributed by atoms with Gasteiger partial charge in [-0.3, -0.25) is 9.59 Å². The molecule has 1 atom stereocenters. The summed E-state index contributed by atoms with van der Waals surface area (Å²) >= 11 is 6.30. The highest BCUT2D eigenvalue weighted by atomic mass is 35.5. The van der Waals surface area contributed by atoms with Crippen LogP contribution in [-0.4, -0.2) is 50.6 Å². The van der Waals surface area contributed by atoms with E-state index < -0.39 is 0 Å². The van der Waals surface area contributed by atoms with Gasteiger partial charge in [0.2, 0.25) is 5.91 Å². The maximum Gasteiger partial charge on any atom is 0.278 e. The van der Waals surface area contributed by atoms with Gasteiger partial charge >= 0.3 is 0 Å². The molecule has 0 aromatic heterocycles. The lowest BCUT2D eigenvalue weighted by Gasteiger charge is -2.36. The molecule has 1 aliphatic heterocycles. The number of benzene rings is 2. The summed E-state index contributed by atoms with van der Waals surface area (Å²) in [4.78, 5) is 28.4. The Morgan fingerprint density at radius 3 is 2.33 bits per heavy atom. The van der Waals surface area contributed by atoms with Gasteiger partial charge in [0.05, 0.1) is 43.4 Å². The van der Waals surface area contributed by atoms with Crippen molar-refractivity contribution in [3.63, 3.8) is 0 Å². The summed E-state index contributed by atoms with van der Waals surface area (Å²) in [6.45, 7) is 9.15. The van der Waals surface area contributed by atoms with Crippen LogP contribution in [0.5, 0.6) is 0 Å².